The largest absolute Gasteiger partial charge is 0.323 e. The summed E-state index contributed by atoms with van der Waals surface area (Å²) in [6, 6.07) is 29.6. The maximum absolute atomic E-state index is 12.6. The first-order valence-corrected chi connectivity index (χ1v) is 14.8. The topological polar surface area (TPSA) is 133 Å². The van der Waals surface area contributed by atoms with Gasteiger partial charge < -0.3 is 10.6 Å². The van der Waals surface area contributed by atoms with Crippen molar-refractivity contribution < 1.29 is 21.6 Å². The number of hydrogen-bond donors (Lipinski definition) is 4. The summed E-state index contributed by atoms with van der Waals surface area (Å²) in [5.41, 5.74) is 2.63. The van der Waals surface area contributed by atoms with Gasteiger partial charge in [0.1, 0.15) is 0 Å². The predicted octanol–water partition coefficient (Wildman–Crippen LogP) is 5.21. The molecule has 0 bridgehead atoms. The van der Waals surface area contributed by atoms with E-state index in [9.17, 15) is 21.6 Å². The van der Waals surface area contributed by atoms with Gasteiger partial charge in [0.05, 0.1) is 22.9 Å². The van der Waals surface area contributed by atoms with Gasteiger partial charge in [0, 0.05) is 11.4 Å². The Bertz CT molecular complexity index is 1490. The maximum Gasteiger partial charge on any atom is 0.323 e. The number of sulfonamides is 2. The van der Waals surface area contributed by atoms with Gasteiger partial charge in [-0.15, -0.1) is 0 Å². The van der Waals surface area contributed by atoms with Crippen LogP contribution in [0.4, 0.5) is 27.5 Å². The first kappa shape index (κ1) is 26.7. The monoisotopic (exact) mass is 550 g/mol. The van der Waals surface area contributed by atoms with Crippen LogP contribution in [0.25, 0.3) is 0 Å². The molecule has 4 rings (SSSR count). The maximum atomic E-state index is 12.6. The summed E-state index contributed by atoms with van der Waals surface area (Å²) >= 11 is 0. The molecule has 0 aliphatic rings. The SMILES string of the molecule is O=C(Nc1cccc(NS(=O)(=O)Cc2ccccc2)c1)Nc1cccc(NS(=O)(=O)Cc2ccccc2)c1. The zero-order valence-corrected chi connectivity index (χ0v) is 21.8. The molecule has 9 nitrogen and oxygen atoms in total. The van der Waals surface area contributed by atoms with E-state index < -0.39 is 26.1 Å². The molecule has 0 saturated carbocycles. The highest BCUT2D eigenvalue weighted by molar-refractivity contribution is 7.92. The Kier molecular flexibility index (Phi) is 8.29. The van der Waals surface area contributed by atoms with Crippen LogP contribution in [0.3, 0.4) is 0 Å². The van der Waals surface area contributed by atoms with Crippen molar-refractivity contribution >= 4 is 48.8 Å². The van der Waals surface area contributed by atoms with E-state index in [0.29, 0.717) is 33.9 Å². The van der Waals surface area contributed by atoms with Gasteiger partial charge in [-0.1, -0.05) is 72.8 Å². The third-order valence-electron chi connectivity index (χ3n) is 5.19. The summed E-state index contributed by atoms with van der Waals surface area (Å²) in [4.78, 5) is 12.6. The molecule has 0 aliphatic heterocycles. The second-order valence-electron chi connectivity index (χ2n) is 8.43. The highest BCUT2D eigenvalue weighted by Crippen LogP contribution is 2.20. The average molecular weight is 551 g/mol. The van der Waals surface area contributed by atoms with Crippen LogP contribution in [-0.2, 0) is 31.6 Å². The molecular formula is C27H26N4O5S2. The van der Waals surface area contributed by atoms with E-state index in [0.717, 1.165) is 0 Å². The summed E-state index contributed by atoms with van der Waals surface area (Å²) in [6.07, 6.45) is 0. The molecule has 196 valence electrons. The molecule has 0 atom stereocenters. The first-order valence-electron chi connectivity index (χ1n) is 11.5. The molecule has 0 aliphatic carbocycles. The lowest BCUT2D eigenvalue weighted by Gasteiger charge is -2.12. The molecule has 11 heteroatoms. The number of carbonyl (C=O) groups is 1. The van der Waals surface area contributed by atoms with Gasteiger partial charge in [0.2, 0.25) is 20.0 Å². The Balaban J connectivity index is 1.35. The van der Waals surface area contributed by atoms with Crippen molar-refractivity contribution in [3.63, 3.8) is 0 Å². The average Bonchev–Trinajstić information content (AvgIpc) is 2.84. The van der Waals surface area contributed by atoms with Crippen molar-refractivity contribution in [3.8, 4) is 0 Å². The lowest BCUT2D eigenvalue weighted by Crippen LogP contribution is -2.20. The Hall–Kier alpha value is -4.35. The van der Waals surface area contributed by atoms with Crippen LogP contribution in [0.1, 0.15) is 11.1 Å². The zero-order chi connectivity index (χ0) is 27.0. The second-order valence-corrected chi connectivity index (χ2v) is 11.9. The molecule has 0 fully saturated rings. The normalized spacial score (nSPS) is 11.4. The number of nitrogens with one attached hydrogen (secondary N) is 4. The van der Waals surface area contributed by atoms with Crippen molar-refractivity contribution in [1.29, 1.82) is 0 Å². The molecule has 0 radical (unpaired) electrons. The fraction of sp³-hybridized carbons (Fsp3) is 0.0741. The van der Waals surface area contributed by atoms with Crippen LogP contribution >= 0.6 is 0 Å². The Labute approximate surface area is 222 Å². The standard InChI is InChI=1S/C27H26N4O5S2/c32-27(28-23-13-7-15-25(17-23)30-37(33,34)19-21-9-3-1-4-10-21)29-24-14-8-16-26(18-24)31-38(35,36)20-22-11-5-2-6-12-22/h1-18,30-31H,19-20H2,(H2,28,29,32). The van der Waals surface area contributed by atoms with E-state index >= 15 is 0 Å². The van der Waals surface area contributed by atoms with Crippen molar-refractivity contribution in [1.82, 2.24) is 0 Å². The highest BCUT2D eigenvalue weighted by atomic mass is 32.2. The van der Waals surface area contributed by atoms with Crippen LogP contribution < -0.4 is 20.1 Å². The molecule has 0 aromatic heterocycles. The minimum Gasteiger partial charge on any atom is -0.308 e. The predicted molar refractivity (Wildman–Crippen MR) is 151 cm³/mol. The smallest absolute Gasteiger partial charge is 0.308 e. The van der Waals surface area contributed by atoms with E-state index in [2.05, 4.69) is 20.1 Å². The van der Waals surface area contributed by atoms with Gasteiger partial charge in [0.15, 0.2) is 0 Å². The van der Waals surface area contributed by atoms with E-state index in [4.69, 9.17) is 0 Å². The van der Waals surface area contributed by atoms with Gasteiger partial charge >= 0.3 is 6.03 Å². The second kappa shape index (κ2) is 11.8. The zero-order valence-electron chi connectivity index (χ0n) is 20.2. The number of hydrogen-bond acceptors (Lipinski definition) is 5. The Morgan fingerprint density at radius 3 is 1.26 bits per heavy atom. The van der Waals surface area contributed by atoms with Crippen LogP contribution in [0.5, 0.6) is 0 Å². The van der Waals surface area contributed by atoms with Crippen LogP contribution in [-0.4, -0.2) is 22.9 Å². The third-order valence-corrected chi connectivity index (χ3v) is 7.71. The van der Waals surface area contributed by atoms with Gasteiger partial charge in [-0.2, -0.15) is 0 Å². The van der Waals surface area contributed by atoms with E-state index in [-0.39, 0.29) is 11.5 Å². The highest BCUT2D eigenvalue weighted by Gasteiger charge is 2.14. The summed E-state index contributed by atoms with van der Waals surface area (Å²) in [6.45, 7) is 0. The number of benzene rings is 4. The minimum atomic E-state index is -3.66. The molecule has 38 heavy (non-hydrogen) atoms. The molecule has 0 spiro atoms. The quantitative estimate of drug-likeness (QED) is 0.215. The summed E-state index contributed by atoms with van der Waals surface area (Å²) < 4.78 is 55.1. The lowest BCUT2D eigenvalue weighted by atomic mass is 10.2. The van der Waals surface area contributed by atoms with Crippen LogP contribution in [0, 0.1) is 0 Å². The molecule has 0 unspecified atom stereocenters. The van der Waals surface area contributed by atoms with Gasteiger partial charge in [-0.05, 0) is 47.5 Å². The Morgan fingerprint density at radius 1 is 0.500 bits per heavy atom. The number of rotatable bonds is 10. The lowest BCUT2D eigenvalue weighted by molar-refractivity contribution is 0.262. The molecule has 4 N–H and O–H groups in total. The molecule has 4 aromatic rings. The summed E-state index contributed by atoms with van der Waals surface area (Å²) in [5.74, 6) is -0.366. The molecule has 2 amide bonds. The van der Waals surface area contributed by atoms with E-state index in [1.54, 1.807) is 84.9 Å². The van der Waals surface area contributed by atoms with Gasteiger partial charge in [-0.3, -0.25) is 9.44 Å². The minimum absolute atomic E-state index is 0.183. The van der Waals surface area contributed by atoms with Crippen LogP contribution in [0.2, 0.25) is 0 Å². The number of anilines is 4. The van der Waals surface area contributed by atoms with E-state index in [1.807, 2.05) is 12.1 Å². The van der Waals surface area contributed by atoms with Crippen molar-refractivity contribution in [2.45, 2.75) is 11.5 Å². The number of carbonyl (C=O) groups excluding carboxylic acids is 1. The van der Waals surface area contributed by atoms with Gasteiger partial charge in [0.25, 0.3) is 0 Å². The molecule has 0 saturated heterocycles. The molecule has 0 heterocycles. The summed E-state index contributed by atoms with van der Waals surface area (Å²) in [5, 5.41) is 5.29. The molecular weight excluding hydrogens is 524 g/mol. The fourth-order valence-electron chi connectivity index (χ4n) is 3.63. The van der Waals surface area contributed by atoms with E-state index in [1.165, 1.54) is 12.1 Å². The van der Waals surface area contributed by atoms with Crippen LogP contribution in [0.15, 0.2) is 109 Å². The van der Waals surface area contributed by atoms with Crippen molar-refractivity contribution in [2.75, 3.05) is 20.1 Å². The van der Waals surface area contributed by atoms with Crippen molar-refractivity contribution in [3.05, 3.63) is 120 Å². The third kappa shape index (κ3) is 8.36. The summed E-state index contributed by atoms with van der Waals surface area (Å²) in [7, 11) is -7.31. The Morgan fingerprint density at radius 2 is 0.868 bits per heavy atom. The van der Waals surface area contributed by atoms with Gasteiger partial charge in [-0.25, -0.2) is 21.6 Å². The molecule has 4 aromatic carbocycles. The first-order chi connectivity index (χ1) is 18.2. The number of urea groups is 1. The van der Waals surface area contributed by atoms with Crippen molar-refractivity contribution in [2.24, 2.45) is 0 Å². The fourth-order valence-corrected chi connectivity index (χ4v) is 6.01. The number of amides is 2.